The highest BCUT2D eigenvalue weighted by Crippen LogP contribution is 2.14. The maximum absolute atomic E-state index is 4.08. The van der Waals surface area contributed by atoms with Crippen LogP contribution in [0.15, 0.2) is 6.20 Å². The van der Waals surface area contributed by atoms with Gasteiger partial charge in [0.15, 0.2) is 0 Å². The van der Waals surface area contributed by atoms with Crippen LogP contribution in [0, 0.1) is 5.38 Å². The van der Waals surface area contributed by atoms with Gasteiger partial charge in [0.25, 0.3) is 0 Å². The van der Waals surface area contributed by atoms with Gasteiger partial charge in [-0.25, -0.2) is 4.98 Å². The lowest BCUT2D eigenvalue weighted by Crippen LogP contribution is -1.81. The van der Waals surface area contributed by atoms with Crippen molar-refractivity contribution in [3.63, 3.8) is 0 Å². The summed E-state index contributed by atoms with van der Waals surface area (Å²) in [5.41, 5.74) is 0. The monoisotopic (exact) mass is 126 g/mol. The summed E-state index contributed by atoms with van der Waals surface area (Å²) in [5.74, 6) is 0.561. The third kappa shape index (κ3) is 1.07. The first-order chi connectivity index (χ1) is 3.80. The van der Waals surface area contributed by atoms with Crippen LogP contribution in [-0.4, -0.2) is 4.98 Å². The highest BCUT2D eigenvalue weighted by atomic mass is 32.1. The van der Waals surface area contributed by atoms with Crippen LogP contribution in [0.3, 0.4) is 0 Å². The van der Waals surface area contributed by atoms with Crippen LogP contribution >= 0.6 is 11.3 Å². The first-order valence-electron chi connectivity index (χ1n) is 2.62. The van der Waals surface area contributed by atoms with E-state index in [4.69, 9.17) is 0 Å². The predicted octanol–water partition coefficient (Wildman–Crippen LogP) is 2.07. The van der Waals surface area contributed by atoms with E-state index < -0.39 is 0 Å². The van der Waals surface area contributed by atoms with Crippen molar-refractivity contribution in [2.45, 2.75) is 19.8 Å². The minimum atomic E-state index is 0.561. The molecule has 1 aromatic rings. The van der Waals surface area contributed by atoms with Crippen LogP contribution in [-0.2, 0) is 0 Å². The van der Waals surface area contributed by atoms with Gasteiger partial charge < -0.3 is 0 Å². The number of rotatable bonds is 1. The van der Waals surface area contributed by atoms with Gasteiger partial charge in [0.05, 0.1) is 10.4 Å². The molecule has 0 amide bonds. The summed E-state index contributed by atoms with van der Waals surface area (Å²) < 4.78 is 0. The van der Waals surface area contributed by atoms with Crippen molar-refractivity contribution < 1.29 is 0 Å². The molecular weight excluding hydrogens is 118 g/mol. The Balaban J connectivity index is 2.77. The summed E-state index contributed by atoms with van der Waals surface area (Å²) >= 11 is 1.59. The number of thiazole rings is 1. The molecular formula is C6H8NS. The zero-order chi connectivity index (χ0) is 5.98. The van der Waals surface area contributed by atoms with Gasteiger partial charge in [-0.2, -0.15) is 0 Å². The molecule has 0 aliphatic heterocycles. The Kier molecular flexibility index (Phi) is 1.63. The van der Waals surface area contributed by atoms with E-state index in [1.54, 1.807) is 17.5 Å². The van der Waals surface area contributed by atoms with Crippen molar-refractivity contribution in [3.05, 3.63) is 16.6 Å². The summed E-state index contributed by atoms with van der Waals surface area (Å²) in [6, 6.07) is 0. The molecule has 1 radical (unpaired) electrons. The molecule has 0 saturated heterocycles. The van der Waals surface area contributed by atoms with Crippen LogP contribution in [0.2, 0.25) is 0 Å². The van der Waals surface area contributed by atoms with Gasteiger partial charge in [-0.05, 0) is 0 Å². The Bertz CT molecular complexity index is 144. The quantitative estimate of drug-likeness (QED) is 0.561. The minimum absolute atomic E-state index is 0.561. The molecule has 1 nitrogen and oxygen atoms in total. The second-order valence-corrected chi connectivity index (χ2v) is 2.83. The smallest absolute Gasteiger partial charge is 0.0956 e. The van der Waals surface area contributed by atoms with E-state index >= 15 is 0 Å². The van der Waals surface area contributed by atoms with Gasteiger partial charge in [-0.3, -0.25) is 0 Å². The predicted molar refractivity (Wildman–Crippen MR) is 35.0 cm³/mol. The topological polar surface area (TPSA) is 12.9 Å². The lowest BCUT2D eigenvalue weighted by Gasteiger charge is -1.93. The molecule has 0 fully saturated rings. The minimum Gasteiger partial charge on any atom is -0.249 e. The van der Waals surface area contributed by atoms with Crippen molar-refractivity contribution in [1.29, 1.82) is 0 Å². The molecule has 1 aromatic heterocycles. The molecule has 0 atom stereocenters. The molecule has 0 aliphatic rings. The highest BCUT2D eigenvalue weighted by Gasteiger charge is 1.98. The molecule has 43 valence electrons. The van der Waals surface area contributed by atoms with E-state index in [2.05, 4.69) is 24.2 Å². The molecule has 1 rings (SSSR count). The van der Waals surface area contributed by atoms with Gasteiger partial charge in [-0.1, -0.05) is 13.8 Å². The van der Waals surface area contributed by atoms with Crippen LogP contribution in [0.4, 0.5) is 0 Å². The third-order valence-corrected chi connectivity index (χ3v) is 1.91. The van der Waals surface area contributed by atoms with Gasteiger partial charge in [0, 0.05) is 12.1 Å². The Labute approximate surface area is 53.4 Å². The summed E-state index contributed by atoms with van der Waals surface area (Å²) in [7, 11) is 0. The average molecular weight is 126 g/mol. The maximum atomic E-state index is 4.08. The van der Waals surface area contributed by atoms with Crippen molar-refractivity contribution in [2.75, 3.05) is 0 Å². The summed E-state index contributed by atoms with van der Waals surface area (Å²) in [5, 5.41) is 4.11. The zero-order valence-electron chi connectivity index (χ0n) is 5.01. The lowest BCUT2D eigenvalue weighted by atomic mass is 10.2. The number of hydrogen-bond acceptors (Lipinski definition) is 2. The fourth-order valence-corrected chi connectivity index (χ4v) is 1.04. The van der Waals surface area contributed by atoms with Gasteiger partial charge in [0.1, 0.15) is 0 Å². The Hall–Kier alpha value is -0.370. The third-order valence-electron chi connectivity index (χ3n) is 0.902. The molecule has 2 heteroatoms. The average Bonchev–Trinajstić information content (AvgIpc) is 2.12. The summed E-state index contributed by atoms with van der Waals surface area (Å²) in [6.07, 6.45) is 1.72. The van der Waals surface area contributed by atoms with E-state index in [1.165, 1.54) is 5.01 Å². The van der Waals surface area contributed by atoms with E-state index in [1.807, 2.05) is 0 Å². The molecule has 0 unspecified atom stereocenters. The molecule has 0 aromatic carbocycles. The van der Waals surface area contributed by atoms with Crippen LogP contribution in [0.5, 0.6) is 0 Å². The highest BCUT2D eigenvalue weighted by molar-refractivity contribution is 7.09. The van der Waals surface area contributed by atoms with E-state index in [0.717, 1.165) is 0 Å². The Morgan fingerprint density at radius 2 is 2.50 bits per heavy atom. The standard InChI is InChI=1S/C6H8NS/c1-5(2)6-7-3-4-8-6/h3,5H,1-2H3. The van der Waals surface area contributed by atoms with Crippen LogP contribution in [0.1, 0.15) is 24.8 Å². The fraction of sp³-hybridized carbons (Fsp3) is 0.500. The first-order valence-corrected chi connectivity index (χ1v) is 3.44. The van der Waals surface area contributed by atoms with Gasteiger partial charge in [0.2, 0.25) is 0 Å². The van der Waals surface area contributed by atoms with Crippen molar-refractivity contribution in [1.82, 2.24) is 4.98 Å². The normalized spacial score (nSPS) is 10.4. The Morgan fingerprint density at radius 1 is 1.75 bits per heavy atom. The van der Waals surface area contributed by atoms with Crippen molar-refractivity contribution >= 4 is 11.3 Å². The Morgan fingerprint density at radius 3 is 2.75 bits per heavy atom. The van der Waals surface area contributed by atoms with Crippen molar-refractivity contribution in [2.24, 2.45) is 0 Å². The maximum Gasteiger partial charge on any atom is 0.0956 e. The van der Waals surface area contributed by atoms with Crippen LogP contribution in [0.25, 0.3) is 0 Å². The second kappa shape index (κ2) is 2.27. The molecule has 0 bridgehead atoms. The van der Waals surface area contributed by atoms with Gasteiger partial charge in [-0.15, -0.1) is 11.3 Å². The van der Waals surface area contributed by atoms with E-state index in [9.17, 15) is 0 Å². The molecule has 0 saturated carbocycles. The largest absolute Gasteiger partial charge is 0.249 e. The second-order valence-electron chi connectivity index (χ2n) is 1.97. The zero-order valence-corrected chi connectivity index (χ0v) is 5.83. The number of hydrogen-bond donors (Lipinski definition) is 0. The molecule has 1 heterocycles. The molecule has 0 spiro atoms. The van der Waals surface area contributed by atoms with E-state index in [0.29, 0.717) is 5.92 Å². The lowest BCUT2D eigenvalue weighted by molar-refractivity contribution is 0.852. The van der Waals surface area contributed by atoms with Crippen LogP contribution < -0.4 is 0 Å². The fourth-order valence-electron chi connectivity index (χ4n) is 0.470. The number of nitrogens with zero attached hydrogens (tertiary/aromatic N) is 1. The summed E-state index contributed by atoms with van der Waals surface area (Å²) in [4.78, 5) is 4.08. The number of aromatic nitrogens is 1. The SMILES string of the molecule is CC(C)c1nc[c]s1. The summed E-state index contributed by atoms with van der Waals surface area (Å²) in [6.45, 7) is 4.26. The van der Waals surface area contributed by atoms with E-state index in [-0.39, 0.29) is 0 Å². The molecule has 8 heavy (non-hydrogen) atoms. The first kappa shape index (κ1) is 5.76. The molecule has 0 N–H and O–H groups in total. The molecule has 0 aliphatic carbocycles. The van der Waals surface area contributed by atoms with Gasteiger partial charge >= 0.3 is 0 Å². The van der Waals surface area contributed by atoms with Crippen molar-refractivity contribution in [3.8, 4) is 0 Å².